The molecule has 7 rings (SSSR count). The molecule has 3 saturated carbocycles. The van der Waals surface area contributed by atoms with Gasteiger partial charge in [-0.2, -0.15) is 0 Å². The molecule has 3 heterocycles. The summed E-state index contributed by atoms with van der Waals surface area (Å²) in [6, 6.07) is 6.55. The van der Waals surface area contributed by atoms with Crippen LogP contribution in [-0.4, -0.2) is 60.5 Å². The highest BCUT2D eigenvalue weighted by atomic mass is 16.5. The van der Waals surface area contributed by atoms with Crippen molar-refractivity contribution in [1.82, 2.24) is 4.90 Å². The zero-order valence-corrected chi connectivity index (χ0v) is 16.6. The highest BCUT2D eigenvalue weighted by molar-refractivity contribution is 5.88. The number of nitrogens with one attached hydrogen (secondary N) is 1. The third kappa shape index (κ3) is 1.50. The summed E-state index contributed by atoms with van der Waals surface area (Å²) in [6.45, 7) is 2.13. The van der Waals surface area contributed by atoms with E-state index in [9.17, 15) is 9.90 Å². The first kappa shape index (κ1) is 17.1. The van der Waals surface area contributed by atoms with Crippen LogP contribution >= 0.6 is 0 Å². The van der Waals surface area contributed by atoms with Crippen LogP contribution in [0.25, 0.3) is 0 Å². The van der Waals surface area contributed by atoms with Crippen molar-refractivity contribution in [3.8, 4) is 5.75 Å². The lowest BCUT2D eigenvalue weighted by Gasteiger charge is -2.71. The van der Waals surface area contributed by atoms with Crippen molar-refractivity contribution in [2.45, 2.75) is 61.1 Å². The van der Waals surface area contributed by atoms with Gasteiger partial charge in [-0.1, -0.05) is 12.1 Å². The van der Waals surface area contributed by atoms with Gasteiger partial charge < -0.3 is 19.9 Å². The Morgan fingerprint density at radius 3 is 2.86 bits per heavy atom. The lowest BCUT2D eigenvalue weighted by atomic mass is 9.37. The number of fused-ring (bicyclic) bond motifs is 3. The van der Waals surface area contributed by atoms with Crippen LogP contribution in [0.15, 0.2) is 18.2 Å². The summed E-state index contributed by atoms with van der Waals surface area (Å²) in [6.07, 6.45) is 5.46. The highest BCUT2D eigenvalue weighted by Crippen LogP contribution is 2.75. The molecular formula is C22H28N2O4. The van der Waals surface area contributed by atoms with E-state index in [-0.39, 0.29) is 10.8 Å². The van der Waals surface area contributed by atoms with E-state index in [1.807, 2.05) is 12.1 Å². The zero-order chi connectivity index (χ0) is 19.4. The summed E-state index contributed by atoms with van der Waals surface area (Å²) in [7, 11) is 3.08. The zero-order valence-electron chi connectivity index (χ0n) is 16.6. The summed E-state index contributed by atoms with van der Waals surface area (Å²) < 4.78 is 10.9. The molecule has 5 fully saturated rings. The van der Waals surface area contributed by atoms with Gasteiger partial charge in [0.1, 0.15) is 5.75 Å². The van der Waals surface area contributed by atoms with Gasteiger partial charge in [0, 0.05) is 11.5 Å². The molecule has 150 valence electrons. The summed E-state index contributed by atoms with van der Waals surface area (Å²) >= 11 is 0. The molecule has 1 aromatic rings. The van der Waals surface area contributed by atoms with Crippen molar-refractivity contribution < 1.29 is 19.4 Å². The molecule has 3 aliphatic carbocycles. The molecule has 28 heavy (non-hydrogen) atoms. The second kappa shape index (κ2) is 5.03. The van der Waals surface area contributed by atoms with E-state index < -0.39 is 17.1 Å². The molecule has 3 spiro atoms. The van der Waals surface area contributed by atoms with Crippen LogP contribution in [0.3, 0.4) is 0 Å². The second-order valence-electron chi connectivity index (χ2n) is 9.57. The van der Waals surface area contributed by atoms with Crippen molar-refractivity contribution in [2.75, 3.05) is 32.6 Å². The van der Waals surface area contributed by atoms with Crippen molar-refractivity contribution in [3.63, 3.8) is 0 Å². The van der Waals surface area contributed by atoms with Crippen LogP contribution in [0.2, 0.25) is 0 Å². The van der Waals surface area contributed by atoms with Gasteiger partial charge in [0.25, 0.3) is 0 Å². The van der Waals surface area contributed by atoms with Gasteiger partial charge in [-0.25, -0.2) is 4.79 Å². The van der Waals surface area contributed by atoms with Gasteiger partial charge in [0.15, 0.2) is 5.60 Å². The number of aliphatic hydroxyl groups is 1. The fraction of sp³-hybridized carbons (Fsp3) is 0.682. The number of carbonyl (C=O) groups is 1. The molecular weight excluding hydrogens is 356 g/mol. The molecule has 0 unspecified atom stereocenters. The van der Waals surface area contributed by atoms with Crippen LogP contribution in [0.5, 0.6) is 5.75 Å². The average Bonchev–Trinajstić information content (AvgIpc) is 3.26. The summed E-state index contributed by atoms with van der Waals surface area (Å²) in [4.78, 5) is 15.8. The molecule has 2 N–H and O–H groups in total. The van der Waals surface area contributed by atoms with Crippen LogP contribution in [0.1, 0.15) is 44.1 Å². The Morgan fingerprint density at radius 2 is 2.07 bits per heavy atom. The largest absolute Gasteiger partial charge is 0.495 e. The Labute approximate surface area is 165 Å². The maximum absolute atomic E-state index is 13.1. The van der Waals surface area contributed by atoms with Gasteiger partial charge in [0.05, 0.1) is 25.4 Å². The van der Waals surface area contributed by atoms with Crippen LogP contribution in [0.4, 0.5) is 5.69 Å². The number of nitrogens with zero attached hydrogens (tertiary/aromatic N) is 1. The van der Waals surface area contributed by atoms with E-state index in [4.69, 9.17) is 9.47 Å². The van der Waals surface area contributed by atoms with E-state index in [1.165, 1.54) is 12.7 Å². The Hall–Kier alpha value is -1.79. The smallest absolute Gasteiger partial charge is 0.340 e. The third-order valence-electron chi connectivity index (χ3n) is 8.99. The Morgan fingerprint density at radius 1 is 1.21 bits per heavy atom. The second-order valence-corrected chi connectivity index (χ2v) is 9.57. The Bertz CT molecular complexity index is 889. The van der Waals surface area contributed by atoms with E-state index in [0.29, 0.717) is 12.5 Å². The first-order valence-corrected chi connectivity index (χ1v) is 10.5. The number of hydrogen-bond donors (Lipinski definition) is 2. The summed E-state index contributed by atoms with van der Waals surface area (Å²) in [5, 5.41) is 15.8. The molecule has 6 heteroatoms. The number of benzene rings is 1. The normalized spacial score (nSPS) is 45.0. The lowest BCUT2D eigenvalue weighted by Crippen LogP contribution is -2.83. The Kier molecular flexibility index (Phi) is 3.07. The van der Waals surface area contributed by atoms with E-state index in [1.54, 1.807) is 7.11 Å². The number of esters is 1. The monoisotopic (exact) mass is 384 g/mol. The maximum atomic E-state index is 13.1. The molecule has 2 bridgehead atoms. The average molecular weight is 384 g/mol. The molecule has 0 aromatic heterocycles. The van der Waals surface area contributed by atoms with E-state index in [0.717, 1.165) is 56.6 Å². The number of ether oxygens (including phenoxy) is 2. The number of methoxy groups -OCH3 is 2. The number of hydrogen-bond acceptors (Lipinski definition) is 6. The van der Waals surface area contributed by atoms with Crippen LogP contribution < -0.4 is 10.1 Å². The lowest BCUT2D eigenvalue weighted by molar-refractivity contribution is -0.223. The molecule has 0 radical (unpaired) electrons. The summed E-state index contributed by atoms with van der Waals surface area (Å²) in [5.74, 6) is 0.294. The molecule has 3 aliphatic heterocycles. The SMILES string of the molecule is COC(=O)[C@@]1(O)C[C@@]23CCCN4CC[C@@]5(c6cccc(OC)c6N[C@]15CC2)[C@@H]43. The number of para-hydroxylation sites is 1. The quantitative estimate of drug-likeness (QED) is 0.761. The first-order chi connectivity index (χ1) is 13.5. The van der Waals surface area contributed by atoms with Crippen molar-refractivity contribution in [1.29, 1.82) is 0 Å². The van der Waals surface area contributed by atoms with Crippen molar-refractivity contribution in [2.24, 2.45) is 5.41 Å². The fourth-order valence-electron chi connectivity index (χ4n) is 8.32. The molecule has 2 saturated heterocycles. The third-order valence-corrected chi connectivity index (χ3v) is 8.99. The molecule has 0 amide bonds. The van der Waals surface area contributed by atoms with E-state index in [2.05, 4.69) is 16.3 Å². The van der Waals surface area contributed by atoms with Crippen molar-refractivity contribution in [3.05, 3.63) is 23.8 Å². The highest BCUT2D eigenvalue weighted by Gasteiger charge is 2.84. The predicted octanol–water partition coefficient (Wildman–Crippen LogP) is 2.05. The maximum Gasteiger partial charge on any atom is 0.340 e. The minimum absolute atomic E-state index is 0.0359. The van der Waals surface area contributed by atoms with Gasteiger partial charge in [-0.3, -0.25) is 4.90 Å². The van der Waals surface area contributed by atoms with Gasteiger partial charge in [0.2, 0.25) is 0 Å². The molecule has 6 aliphatic rings. The molecule has 5 atom stereocenters. The minimum atomic E-state index is -1.53. The van der Waals surface area contributed by atoms with Gasteiger partial charge in [-0.15, -0.1) is 0 Å². The Balaban J connectivity index is 1.68. The van der Waals surface area contributed by atoms with Crippen LogP contribution in [-0.2, 0) is 14.9 Å². The summed E-state index contributed by atoms with van der Waals surface area (Å²) in [5.41, 5.74) is -0.441. The number of carbonyl (C=O) groups excluding carboxylic acids is 1. The van der Waals surface area contributed by atoms with Crippen LogP contribution in [0, 0.1) is 5.41 Å². The number of anilines is 1. The molecule has 1 aromatic carbocycles. The van der Waals surface area contributed by atoms with Crippen molar-refractivity contribution >= 4 is 11.7 Å². The number of rotatable bonds is 2. The minimum Gasteiger partial charge on any atom is -0.495 e. The predicted molar refractivity (Wildman–Crippen MR) is 103 cm³/mol. The fourth-order valence-corrected chi connectivity index (χ4v) is 8.32. The molecule has 6 nitrogen and oxygen atoms in total. The standard InChI is InChI=1S/C22H28N2O4/c1-27-15-6-3-5-14-16(15)23-22-9-8-19(13-21(22,26)18(25)28-2)7-4-11-24-12-10-20(14,22)17(19)24/h3,5-6,17,23,26H,4,7-13H2,1-2H3/t17-,19+,20+,21-,22-/m0/s1. The van der Waals surface area contributed by atoms with E-state index >= 15 is 0 Å². The number of piperidine rings is 1. The topological polar surface area (TPSA) is 71.0 Å². The first-order valence-electron chi connectivity index (χ1n) is 10.5. The van der Waals surface area contributed by atoms with Gasteiger partial charge >= 0.3 is 5.97 Å². The van der Waals surface area contributed by atoms with Gasteiger partial charge in [-0.05, 0) is 68.7 Å².